The Bertz CT molecular complexity index is 1230. The van der Waals surface area contributed by atoms with Gasteiger partial charge in [-0.05, 0) is 73.7 Å². The first-order chi connectivity index (χ1) is 16.1. The van der Waals surface area contributed by atoms with E-state index < -0.39 is 10.0 Å². The molecule has 34 heavy (non-hydrogen) atoms. The van der Waals surface area contributed by atoms with E-state index in [0.717, 1.165) is 28.9 Å². The minimum Gasteiger partial charge on any atom is -0.497 e. The fourth-order valence-electron chi connectivity index (χ4n) is 3.62. The number of hydrogen-bond donors (Lipinski definition) is 2. The summed E-state index contributed by atoms with van der Waals surface area (Å²) in [6, 6.07) is 19.1. The van der Waals surface area contributed by atoms with Crippen molar-refractivity contribution in [2.24, 2.45) is 5.92 Å². The molecule has 3 aromatic carbocycles. The van der Waals surface area contributed by atoms with E-state index in [1.54, 1.807) is 56.5 Å². The van der Waals surface area contributed by atoms with E-state index in [1.807, 2.05) is 31.2 Å². The Morgan fingerprint density at radius 3 is 2.18 bits per heavy atom. The number of amides is 1. The van der Waals surface area contributed by atoms with Crippen LogP contribution in [0.4, 0.5) is 5.69 Å². The van der Waals surface area contributed by atoms with Crippen LogP contribution in [0.1, 0.15) is 53.4 Å². The van der Waals surface area contributed by atoms with Crippen molar-refractivity contribution in [3.8, 4) is 5.75 Å². The van der Waals surface area contributed by atoms with Crippen LogP contribution in [-0.2, 0) is 10.0 Å². The number of benzene rings is 3. The van der Waals surface area contributed by atoms with E-state index in [-0.39, 0.29) is 16.8 Å². The molecule has 0 spiro atoms. The van der Waals surface area contributed by atoms with E-state index in [0.29, 0.717) is 17.2 Å². The van der Waals surface area contributed by atoms with Gasteiger partial charge in [-0.25, -0.2) is 8.42 Å². The number of anilines is 1. The van der Waals surface area contributed by atoms with Crippen molar-refractivity contribution in [3.05, 3.63) is 89.0 Å². The summed E-state index contributed by atoms with van der Waals surface area (Å²) < 4.78 is 33.6. The maximum absolute atomic E-state index is 13.2. The molecule has 0 aliphatic carbocycles. The summed E-state index contributed by atoms with van der Waals surface area (Å²) in [5, 5.41) is 3.11. The summed E-state index contributed by atoms with van der Waals surface area (Å²) >= 11 is 0. The lowest BCUT2D eigenvalue weighted by atomic mass is 9.96. The molecule has 0 aliphatic rings. The van der Waals surface area contributed by atoms with Crippen LogP contribution in [0.2, 0.25) is 0 Å². The smallest absolute Gasteiger partial charge is 0.261 e. The summed E-state index contributed by atoms with van der Waals surface area (Å²) in [6.45, 7) is 7.90. The third-order valence-corrected chi connectivity index (χ3v) is 6.99. The quantitative estimate of drug-likeness (QED) is 0.416. The Hall–Kier alpha value is -3.32. The molecule has 0 saturated carbocycles. The molecular formula is C27H32N2O4S. The molecule has 7 heteroatoms. The van der Waals surface area contributed by atoms with Gasteiger partial charge in [0.15, 0.2) is 0 Å². The van der Waals surface area contributed by atoms with Crippen LogP contribution in [0.5, 0.6) is 5.75 Å². The second-order valence-electron chi connectivity index (χ2n) is 8.88. The molecule has 1 amide bonds. The summed E-state index contributed by atoms with van der Waals surface area (Å²) in [5.74, 6) is 0.849. The number of sulfonamides is 1. The van der Waals surface area contributed by atoms with Gasteiger partial charge in [-0.2, -0.15) is 0 Å². The molecule has 2 N–H and O–H groups in total. The number of carbonyl (C=O) groups is 1. The van der Waals surface area contributed by atoms with E-state index in [4.69, 9.17) is 4.74 Å². The Morgan fingerprint density at radius 2 is 1.59 bits per heavy atom. The average molecular weight is 481 g/mol. The first-order valence-corrected chi connectivity index (χ1v) is 12.7. The van der Waals surface area contributed by atoms with Crippen molar-refractivity contribution in [1.82, 2.24) is 5.32 Å². The van der Waals surface area contributed by atoms with Crippen LogP contribution < -0.4 is 14.8 Å². The van der Waals surface area contributed by atoms with Gasteiger partial charge >= 0.3 is 0 Å². The molecule has 1 atom stereocenters. The number of hydrogen-bond acceptors (Lipinski definition) is 4. The Balaban J connectivity index is 1.83. The lowest BCUT2D eigenvalue weighted by molar-refractivity contribution is 0.0932. The largest absolute Gasteiger partial charge is 0.497 e. The lowest BCUT2D eigenvalue weighted by Gasteiger charge is -2.22. The van der Waals surface area contributed by atoms with E-state index in [1.165, 1.54) is 0 Å². The second kappa shape index (κ2) is 10.7. The van der Waals surface area contributed by atoms with Crippen LogP contribution >= 0.6 is 0 Å². The first kappa shape index (κ1) is 25.3. The van der Waals surface area contributed by atoms with Gasteiger partial charge in [0.25, 0.3) is 15.9 Å². The molecule has 0 aliphatic heterocycles. The van der Waals surface area contributed by atoms with Crippen LogP contribution in [0.15, 0.2) is 71.6 Å². The third kappa shape index (κ3) is 6.38. The summed E-state index contributed by atoms with van der Waals surface area (Å²) in [6.07, 6.45) is 0.761. The van der Waals surface area contributed by atoms with Crippen LogP contribution in [-0.4, -0.2) is 21.4 Å². The standard InChI is InChI=1S/C27H32N2O4S/c1-18(2)16-26(21-10-12-23(33-5)13-11-21)28-27(30)22-9-8-20(4)25(17-22)29-34(31,32)24-14-6-19(3)7-15-24/h6-15,17-18,26,29H,16H2,1-5H3,(H,28,30)/t26-/m0/s1. The Labute approximate surface area is 202 Å². The minimum absolute atomic E-state index is 0.170. The topological polar surface area (TPSA) is 84.5 Å². The number of ether oxygens (including phenoxy) is 1. The average Bonchev–Trinajstić information content (AvgIpc) is 2.80. The van der Waals surface area contributed by atoms with Crippen molar-refractivity contribution < 1.29 is 17.9 Å². The third-order valence-electron chi connectivity index (χ3n) is 5.61. The van der Waals surface area contributed by atoms with Gasteiger partial charge in [0.05, 0.1) is 23.7 Å². The molecule has 0 unspecified atom stereocenters. The van der Waals surface area contributed by atoms with E-state index in [9.17, 15) is 13.2 Å². The molecule has 0 aromatic heterocycles. The monoisotopic (exact) mass is 480 g/mol. The van der Waals surface area contributed by atoms with Crippen LogP contribution in [0, 0.1) is 19.8 Å². The van der Waals surface area contributed by atoms with Gasteiger partial charge in [0.2, 0.25) is 0 Å². The first-order valence-electron chi connectivity index (χ1n) is 11.2. The highest BCUT2D eigenvalue weighted by Crippen LogP contribution is 2.26. The predicted octanol–water partition coefficient (Wildman–Crippen LogP) is 5.63. The van der Waals surface area contributed by atoms with Gasteiger partial charge in [0.1, 0.15) is 5.75 Å². The number of methoxy groups -OCH3 is 1. The minimum atomic E-state index is -3.78. The fraction of sp³-hybridized carbons (Fsp3) is 0.296. The molecule has 0 radical (unpaired) electrons. The van der Waals surface area contributed by atoms with Crippen molar-refractivity contribution in [2.75, 3.05) is 11.8 Å². The Morgan fingerprint density at radius 1 is 0.941 bits per heavy atom. The predicted molar refractivity (Wildman–Crippen MR) is 136 cm³/mol. The molecule has 0 fully saturated rings. The fourth-order valence-corrected chi connectivity index (χ4v) is 4.74. The highest BCUT2D eigenvalue weighted by atomic mass is 32.2. The van der Waals surface area contributed by atoms with Gasteiger partial charge in [-0.15, -0.1) is 0 Å². The molecule has 3 rings (SSSR count). The number of carbonyl (C=O) groups excluding carboxylic acids is 1. The van der Waals surface area contributed by atoms with Gasteiger partial charge in [0, 0.05) is 5.56 Å². The molecule has 0 saturated heterocycles. The normalized spacial score (nSPS) is 12.3. The second-order valence-corrected chi connectivity index (χ2v) is 10.6. The molecule has 3 aromatic rings. The summed E-state index contributed by atoms with van der Waals surface area (Å²) in [7, 11) is -2.16. The summed E-state index contributed by atoms with van der Waals surface area (Å²) in [4.78, 5) is 13.3. The molecule has 180 valence electrons. The highest BCUT2D eigenvalue weighted by molar-refractivity contribution is 7.92. The number of rotatable bonds is 9. The number of aryl methyl sites for hydroxylation is 2. The molecule has 6 nitrogen and oxygen atoms in total. The van der Waals surface area contributed by atoms with E-state index >= 15 is 0 Å². The Kier molecular flexibility index (Phi) is 7.99. The SMILES string of the molecule is COc1ccc([C@H](CC(C)C)NC(=O)c2ccc(C)c(NS(=O)(=O)c3ccc(C)cc3)c2)cc1. The molecule has 0 bridgehead atoms. The summed E-state index contributed by atoms with van der Waals surface area (Å²) in [5.41, 5.74) is 3.44. The zero-order valence-corrected chi connectivity index (χ0v) is 21.1. The molecule has 0 heterocycles. The van der Waals surface area contributed by atoms with Crippen LogP contribution in [0.3, 0.4) is 0 Å². The van der Waals surface area contributed by atoms with Crippen molar-refractivity contribution in [1.29, 1.82) is 0 Å². The van der Waals surface area contributed by atoms with Gasteiger partial charge < -0.3 is 10.1 Å². The highest BCUT2D eigenvalue weighted by Gasteiger charge is 2.20. The van der Waals surface area contributed by atoms with E-state index in [2.05, 4.69) is 23.9 Å². The van der Waals surface area contributed by atoms with Crippen LogP contribution in [0.25, 0.3) is 0 Å². The lowest BCUT2D eigenvalue weighted by Crippen LogP contribution is -2.29. The van der Waals surface area contributed by atoms with Gasteiger partial charge in [-0.1, -0.05) is 49.7 Å². The van der Waals surface area contributed by atoms with Crippen molar-refractivity contribution in [3.63, 3.8) is 0 Å². The molecular weight excluding hydrogens is 448 g/mol. The zero-order chi connectivity index (χ0) is 24.9. The maximum Gasteiger partial charge on any atom is 0.261 e. The van der Waals surface area contributed by atoms with Crippen molar-refractivity contribution in [2.45, 2.75) is 45.1 Å². The maximum atomic E-state index is 13.2. The number of nitrogens with one attached hydrogen (secondary N) is 2. The zero-order valence-electron chi connectivity index (χ0n) is 20.3. The van der Waals surface area contributed by atoms with Crippen molar-refractivity contribution >= 4 is 21.6 Å². The van der Waals surface area contributed by atoms with Gasteiger partial charge in [-0.3, -0.25) is 9.52 Å².